The third-order valence-electron chi connectivity index (χ3n) is 2.98. The molecule has 1 N–H and O–H groups in total. The van der Waals surface area contributed by atoms with E-state index in [1.807, 2.05) is 32.0 Å². The average Bonchev–Trinajstić information content (AvgIpc) is 2.39. The van der Waals surface area contributed by atoms with Crippen LogP contribution < -0.4 is 5.32 Å². The van der Waals surface area contributed by atoms with Crippen LogP contribution in [0.3, 0.4) is 0 Å². The van der Waals surface area contributed by atoms with Gasteiger partial charge >= 0.3 is 0 Å². The van der Waals surface area contributed by atoms with Crippen LogP contribution in [-0.4, -0.2) is 4.98 Å². The minimum absolute atomic E-state index is 0.128. The Labute approximate surface area is 111 Å². The van der Waals surface area contributed by atoms with Gasteiger partial charge in [-0.25, -0.2) is 4.39 Å². The first-order valence-corrected chi connectivity index (χ1v) is 5.98. The average molecular weight is 255 g/mol. The lowest BCUT2D eigenvalue weighted by molar-refractivity contribution is 0.616. The van der Waals surface area contributed by atoms with Crippen LogP contribution in [0.5, 0.6) is 0 Å². The van der Waals surface area contributed by atoms with Crippen LogP contribution >= 0.6 is 0 Å². The van der Waals surface area contributed by atoms with Crippen molar-refractivity contribution in [2.24, 2.45) is 0 Å². The molecule has 0 saturated carbocycles. The molecule has 1 atom stereocenters. The van der Waals surface area contributed by atoms with Crippen LogP contribution in [0.25, 0.3) is 0 Å². The summed E-state index contributed by atoms with van der Waals surface area (Å²) in [6.45, 7) is 3.79. The molecule has 96 valence electrons. The Balaban J connectivity index is 2.27. The standard InChI is InChI=1S/C15H14FN3/c1-10-4-3-5-15(14(10)7-17)19-11(2)12-6-13(16)9-18-8-12/h3-6,8-9,11,19H,1-2H3. The molecule has 1 unspecified atom stereocenters. The van der Waals surface area contributed by atoms with E-state index in [0.717, 1.165) is 16.8 Å². The third kappa shape index (κ3) is 2.89. The number of rotatable bonds is 3. The van der Waals surface area contributed by atoms with E-state index in [1.165, 1.54) is 12.3 Å². The quantitative estimate of drug-likeness (QED) is 0.912. The lowest BCUT2D eigenvalue weighted by Gasteiger charge is -2.17. The summed E-state index contributed by atoms with van der Waals surface area (Å²) in [6, 6.07) is 9.10. The van der Waals surface area contributed by atoms with Gasteiger partial charge in [-0.05, 0) is 37.1 Å². The number of nitrogens with one attached hydrogen (secondary N) is 1. The van der Waals surface area contributed by atoms with Gasteiger partial charge in [-0.15, -0.1) is 0 Å². The van der Waals surface area contributed by atoms with Crippen LogP contribution in [0.4, 0.5) is 10.1 Å². The number of benzene rings is 1. The Kier molecular flexibility index (Phi) is 3.76. The third-order valence-corrected chi connectivity index (χ3v) is 2.98. The maximum Gasteiger partial charge on any atom is 0.141 e. The highest BCUT2D eigenvalue weighted by Crippen LogP contribution is 2.24. The van der Waals surface area contributed by atoms with E-state index in [4.69, 9.17) is 5.26 Å². The minimum Gasteiger partial charge on any atom is -0.377 e. The number of aromatic nitrogens is 1. The van der Waals surface area contributed by atoms with E-state index in [2.05, 4.69) is 16.4 Å². The maximum absolute atomic E-state index is 13.1. The highest BCUT2D eigenvalue weighted by Gasteiger charge is 2.10. The van der Waals surface area contributed by atoms with E-state index < -0.39 is 0 Å². The van der Waals surface area contributed by atoms with Crippen molar-refractivity contribution in [2.75, 3.05) is 5.32 Å². The van der Waals surface area contributed by atoms with E-state index >= 15 is 0 Å². The number of anilines is 1. The van der Waals surface area contributed by atoms with Gasteiger partial charge < -0.3 is 5.32 Å². The van der Waals surface area contributed by atoms with Gasteiger partial charge in [0.1, 0.15) is 11.9 Å². The molecule has 19 heavy (non-hydrogen) atoms. The summed E-state index contributed by atoms with van der Waals surface area (Å²) in [7, 11) is 0. The van der Waals surface area contributed by atoms with Crippen molar-refractivity contribution in [1.82, 2.24) is 4.98 Å². The van der Waals surface area contributed by atoms with Crippen LogP contribution in [0.1, 0.15) is 29.7 Å². The SMILES string of the molecule is Cc1cccc(NC(C)c2cncc(F)c2)c1C#N. The predicted molar refractivity (Wildman–Crippen MR) is 72.1 cm³/mol. The second-order valence-corrected chi connectivity index (χ2v) is 4.41. The van der Waals surface area contributed by atoms with Crippen molar-refractivity contribution in [1.29, 1.82) is 5.26 Å². The molecule has 0 bridgehead atoms. The molecular formula is C15H14FN3. The van der Waals surface area contributed by atoms with E-state index in [1.54, 1.807) is 6.20 Å². The van der Waals surface area contributed by atoms with E-state index in [-0.39, 0.29) is 11.9 Å². The van der Waals surface area contributed by atoms with Crippen LogP contribution in [0, 0.1) is 24.1 Å². The molecule has 1 aromatic heterocycles. The first kappa shape index (κ1) is 13.0. The zero-order valence-electron chi connectivity index (χ0n) is 10.8. The molecule has 2 rings (SSSR count). The fraction of sp³-hybridized carbons (Fsp3) is 0.200. The van der Waals surface area contributed by atoms with Crippen LogP contribution in [0.15, 0.2) is 36.7 Å². The molecule has 1 heterocycles. The zero-order chi connectivity index (χ0) is 13.8. The summed E-state index contributed by atoms with van der Waals surface area (Å²) in [5.41, 5.74) is 3.01. The number of hydrogen-bond donors (Lipinski definition) is 1. The second-order valence-electron chi connectivity index (χ2n) is 4.41. The van der Waals surface area contributed by atoms with Crippen molar-refractivity contribution in [3.05, 3.63) is 59.2 Å². The Hall–Kier alpha value is -2.41. The molecule has 4 heteroatoms. The summed E-state index contributed by atoms with van der Waals surface area (Å²) >= 11 is 0. The maximum atomic E-state index is 13.1. The first-order valence-electron chi connectivity index (χ1n) is 5.98. The van der Waals surface area contributed by atoms with Crippen LogP contribution in [0.2, 0.25) is 0 Å². The molecule has 0 aliphatic rings. The number of aryl methyl sites for hydroxylation is 1. The second kappa shape index (κ2) is 5.49. The molecule has 0 amide bonds. The van der Waals surface area contributed by atoms with Crippen LogP contribution in [-0.2, 0) is 0 Å². The number of nitrogens with zero attached hydrogens (tertiary/aromatic N) is 2. The summed E-state index contributed by atoms with van der Waals surface area (Å²) < 4.78 is 13.1. The van der Waals surface area contributed by atoms with Crippen molar-refractivity contribution in [3.8, 4) is 6.07 Å². The number of halogens is 1. The summed E-state index contributed by atoms with van der Waals surface area (Å²) in [6.07, 6.45) is 2.78. The smallest absolute Gasteiger partial charge is 0.141 e. The first-order chi connectivity index (χ1) is 9.11. The topological polar surface area (TPSA) is 48.7 Å². The Morgan fingerprint density at radius 3 is 2.84 bits per heavy atom. The molecule has 2 aromatic rings. The predicted octanol–water partition coefficient (Wildman–Crippen LogP) is 3.57. The highest BCUT2D eigenvalue weighted by molar-refractivity contribution is 5.61. The van der Waals surface area contributed by atoms with Gasteiger partial charge in [0.15, 0.2) is 0 Å². The summed E-state index contributed by atoms with van der Waals surface area (Å²) in [5.74, 6) is -0.365. The minimum atomic E-state index is -0.365. The molecule has 3 nitrogen and oxygen atoms in total. The molecule has 0 saturated heterocycles. The lowest BCUT2D eigenvalue weighted by atomic mass is 10.1. The molecule has 0 fully saturated rings. The van der Waals surface area contributed by atoms with Crippen molar-refractivity contribution in [2.45, 2.75) is 19.9 Å². The van der Waals surface area contributed by atoms with E-state index in [9.17, 15) is 4.39 Å². The van der Waals surface area contributed by atoms with Gasteiger partial charge in [0.05, 0.1) is 23.5 Å². The van der Waals surface area contributed by atoms with Gasteiger partial charge in [-0.1, -0.05) is 12.1 Å². The highest BCUT2D eigenvalue weighted by atomic mass is 19.1. The fourth-order valence-electron chi connectivity index (χ4n) is 1.92. The van der Waals surface area contributed by atoms with Crippen molar-refractivity contribution < 1.29 is 4.39 Å². The molecule has 0 aliphatic carbocycles. The molecule has 0 radical (unpaired) electrons. The summed E-state index contributed by atoms with van der Waals surface area (Å²) in [5, 5.41) is 12.4. The van der Waals surface area contributed by atoms with Gasteiger partial charge in [-0.2, -0.15) is 5.26 Å². The largest absolute Gasteiger partial charge is 0.377 e. The van der Waals surface area contributed by atoms with Crippen molar-refractivity contribution in [3.63, 3.8) is 0 Å². The number of pyridine rings is 1. The molecule has 0 aliphatic heterocycles. The monoisotopic (exact) mass is 255 g/mol. The Bertz CT molecular complexity index is 632. The van der Waals surface area contributed by atoms with Gasteiger partial charge in [0, 0.05) is 6.20 Å². The van der Waals surface area contributed by atoms with E-state index in [0.29, 0.717) is 5.56 Å². The molecule has 0 spiro atoms. The number of hydrogen-bond acceptors (Lipinski definition) is 3. The van der Waals surface area contributed by atoms with Gasteiger partial charge in [0.2, 0.25) is 0 Å². The lowest BCUT2D eigenvalue weighted by Crippen LogP contribution is -2.09. The Morgan fingerprint density at radius 2 is 2.16 bits per heavy atom. The number of nitriles is 1. The Morgan fingerprint density at radius 1 is 1.37 bits per heavy atom. The fourth-order valence-corrected chi connectivity index (χ4v) is 1.92. The van der Waals surface area contributed by atoms with Crippen molar-refractivity contribution >= 4 is 5.69 Å². The normalized spacial score (nSPS) is 11.7. The molecule has 1 aromatic carbocycles. The van der Waals surface area contributed by atoms with Gasteiger partial charge in [-0.3, -0.25) is 4.98 Å². The zero-order valence-corrected chi connectivity index (χ0v) is 10.8. The summed E-state index contributed by atoms with van der Waals surface area (Å²) in [4.78, 5) is 3.83. The van der Waals surface area contributed by atoms with Gasteiger partial charge in [0.25, 0.3) is 0 Å². The molecular weight excluding hydrogens is 241 g/mol.